The number of methoxy groups -OCH3 is 1. The molecule has 2 amide bonds. The van der Waals surface area contributed by atoms with Crippen molar-refractivity contribution in [1.82, 2.24) is 4.31 Å². The van der Waals surface area contributed by atoms with Gasteiger partial charge in [-0.15, -0.1) is 0 Å². The van der Waals surface area contributed by atoms with Crippen LogP contribution in [0.3, 0.4) is 0 Å². The first-order valence-corrected chi connectivity index (χ1v) is 9.96. The standard InChI is InChI=1S/C19H19FN2O5S/c1-12-11-15(7-9-17(12)27-2)28(25,26)22-16(8-10-18(22)23)19(24)21-14-5-3-13(20)4-6-14/h3-7,9,11,16H,8,10H2,1-2H3,(H,21,24)/t16-/m1/s1. The molecular formula is C19H19FN2O5S. The molecule has 1 saturated heterocycles. The number of carbonyl (C=O) groups is 2. The fourth-order valence-electron chi connectivity index (χ4n) is 3.08. The topological polar surface area (TPSA) is 92.8 Å². The first kappa shape index (κ1) is 19.8. The van der Waals surface area contributed by atoms with Gasteiger partial charge in [-0.2, -0.15) is 0 Å². The second-order valence-corrected chi connectivity index (χ2v) is 8.19. The number of rotatable bonds is 5. The monoisotopic (exact) mass is 406 g/mol. The predicted molar refractivity (Wildman–Crippen MR) is 99.8 cm³/mol. The zero-order valence-corrected chi connectivity index (χ0v) is 16.1. The number of aryl methyl sites for hydroxylation is 1. The quantitative estimate of drug-likeness (QED) is 0.823. The van der Waals surface area contributed by atoms with E-state index in [1.807, 2.05) is 0 Å². The fourth-order valence-corrected chi connectivity index (χ4v) is 4.77. The number of nitrogens with zero attached hydrogens (tertiary/aromatic N) is 1. The molecule has 0 aliphatic carbocycles. The third-order valence-electron chi connectivity index (χ3n) is 4.50. The van der Waals surface area contributed by atoms with E-state index in [4.69, 9.17) is 4.74 Å². The number of sulfonamides is 1. The van der Waals surface area contributed by atoms with E-state index in [-0.39, 0.29) is 17.7 Å². The lowest BCUT2D eigenvalue weighted by molar-refractivity contribution is -0.128. The van der Waals surface area contributed by atoms with Crippen molar-refractivity contribution in [3.8, 4) is 5.75 Å². The highest BCUT2D eigenvalue weighted by Gasteiger charge is 2.44. The molecule has 28 heavy (non-hydrogen) atoms. The SMILES string of the molecule is COc1ccc(S(=O)(=O)N2C(=O)CC[C@@H]2C(=O)Nc2ccc(F)cc2)cc1C. The zero-order valence-electron chi connectivity index (χ0n) is 15.3. The fraction of sp³-hybridized carbons (Fsp3) is 0.263. The molecule has 1 aliphatic rings. The number of hydrogen-bond donors (Lipinski definition) is 1. The molecule has 0 spiro atoms. The maximum absolute atomic E-state index is 13.0. The second kappa shape index (κ2) is 7.59. The van der Waals surface area contributed by atoms with E-state index in [1.165, 1.54) is 49.6 Å². The molecule has 148 valence electrons. The van der Waals surface area contributed by atoms with Crippen LogP contribution in [0.4, 0.5) is 10.1 Å². The number of amides is 2. The first-order valence-electron chi connectivity index (χ1n) is 8.52. The van der Waals surface area contributed by atoms with Gasteiger partial charge in [0, 0.05) is 12.1 Å². The molecule has 7 nitrogen and oxygen atoms in total. The molecule has 1 aliphatic heterocycles. The molecule has 1 heterocycles. The summed E-state index contributed by atoms with van der Waals surface area (Å²) in [4.78, 5) is 24.8. The van der Waals surface area contributed by atoms with E-state index in [0.717, 1.165) is 0 Å². The van der Waals surface area contributed by atoms with Gasteiger partial charge in [0.15, 0.2) is 0 Å². The van der Waals surface area contributed by atoms with Crippen molar-refractivity contribution >= 4 is 27.5 Å². The molecule has 0 bridgehead atoms. The van der Waals surface area contributed by atoms with Gasteiger partial charge >= 0.3 is 0 Å². The van der Waals surface area contributed by atoms with Crippen LogP contribution in [0.1, 0.15) is 18.4 Å². The van der Waals surface area contributed by atoms with E-state index < -0.39 is 33.7 Å². The van der Waals surface area contributed by atoms with Crippen molar-refractivity contribution in [2.75, 3.05) is 12.4 Å². The Bertz CT molecular complexity index is 1020. The van der Waals surface area contributed by atoms with Crippen molar-refractivity contribution in [2.45, 2.75) is 30.7 Å². The van der Waals surface area contributed by atoms with Crippen LogP contribution in [0.15, 0.2) is 47.4 Å². The Morgan fingerprint density at radius 1 is 1.21 bits per heavy atom. The van der Waals surface area contributed by atoms with Gasteiger partial charge in [0.05, 0.1) is 12.0 Å². The van der Waals surface area contributed by atoms with Crippen molar-refractivity contribution in [3.05, 3.63) is 53.8 Å². The molecule has 2 aromatic carbocycles. The lowest BCUT2D eigenvalue weighted by Gasteiger charge is -2.24. The molecule has 1 N–H and O–H groups in total. The molecular weight excluding hydrogens is 387 g/mol. The van der Waals surface area contributed by atoms with Crippen molar-refractivity contribution in [1.29, 1.82) is 0 Å². The van der Waals surface area contributed by atoms with Crippen LogP contribution in [0.5, 0.6) is 5.75 Å². The number of anilines is 1. The van der Waals surface area contributed by atoms with E-state index in [1.54, 1.807) is 6.92 Å². The lowest BCUT2D eigenvalue weighted by Crippen LogP contribution is -2.45. The van der Waals surface area contributed by atoms with Crippen LogP contribution < -0.4 is 10.1 Å². The number of halogens is 1. The van der Waals surface area contributed by atoms with Gasteiger partial charge in [0.25, 0.3) is 10.0 Å². The van der Waals surface area contributed by atoms with Gasteiger partial charge in [-0.05, 0) is 61.4 Å². The maximum Gasteiger partial charge on any atom is 0.267 e. The summed E-state index contributed by atoms with van der Waals surface area (Å²) in [5.41, 5.74) is 0.894. The van der Waals surface area contributed by atoms with Gasteiger partial charge in [-0.3, -0.25) is 9.59 Å². The summed E-state index contributed by atoms with van der Waals surface area (Å²) < 4.78 is 44.9. The summed E-state index contributed by atoms with van der Waals surface area (Å²) in [5.74, 6) is -1.25. The zero-order chi connectivity index (χ0) is 20.5. The molecule has 3 rings (SSSR count). The maximum atomic E-state index is 13.0. The largest absolute Gasteiger partial charge is 0.496 e. The van der Waals surface area contributed by atoms with Gasteiger partial charge in [0.2, 0.25) is 11.8 Å². The molecule has 0 radical (unpaired) electrons. The number of ether oxygens (including phenoxy) is 1. The lowest BCUT2D eigenvalue weighted by atomic mass is 10.2. The summed E-state index contributed by atoms with van der Waals surface area (Å²) in [5, 5.41) is 2.53. The number of carbonyl (C=O) groups excluding carboxylic acids is 2. The van der Waals surface area contributed by atoms with Crippen molar-refractivity contribution in [3.63, 3.8) is 0 Å². The molecule has 1 fully saturated rings. The molecule has 0 unspecified atom stereocenters. The van der Waals surface area contributed by atoms with Crippen LogP contribution in [-0.4, -0.2) is 37.7 Å². The summed E-state index contributed by atoms with van der Waals surface area (Å²) in [7, 11) is -2.75. The summed E-state index contributed by atoms with van der Waals surface area (Å²) in [6, 6.07) is 8.11. The Morgan fingerprint density at radius 3 is 2.50 bits per heavy atom. The summed E-state index contributed by atoms with van der Waals surface area (Å²) in [6.45, 7) is 1.68. The summed E-state index contributed by atoms with van der Waals surface area (Å²) >= 11 is 0. The first-order chi connectivity index (χ1) is 13.2. The van der Waals surface area contributed by atoms with Gasteiger partial charge in [-0.1, -0.05) is 0 Å². The Kier molecular flexibility index (Phi) is 5.37. The smallest absolute Gasteiger partial charge is 0.267 e. The molecule has 0 saturated carbocycles. The highest BCUT2D eigenvalue weighted by molar-refractivity contribution is 7.89. The number of benzene rings is 2. The van der Waals surface area contributed by atoms with Crippen LogP contribution in [0, 0.1) is 12.7 Å². The van der Waals surface area contributed by atoms with E-state index in [0.29, 0.717) is 21.3 Å². The van der Waals surface area contributed by atoms with E-state index in [2.05, 4.69) is 5.32 Å². The Balaban J connectivity index is 1.89. The van der Waals surface area contributed by atoms with Crippen LogP contribution >= 0.6 is 0 Å². The highest BCUT2D eigenvalue weighted by atomic mass is 32.2. The minimum Gasteiger partial charge on any atom is -0.496 e. The Morgan fingerprint density at radius 2 is 1.89 bits per heavy atom. The second-order valence-electron chi connectivity index (χ2n) is 6.38. The van der Waals surface area contributed by atoms with Crippen molar-refractivity contribution < 1.29 is 27.1 Å². The average Bonchev–Trinajstić information content (AvgIpc) is 3.06. The predicted octanol–water partition coefficient (Wildman–Crippen LogP) is 2.46. The molecule has 2 aromatic rings. The normalized spacial score (nSPS) is 16.9. The van der Waals surface area contributed by atoms with Crippen LogP contribution in [0.2, 0.25) is 0 Å². The summed E-state index contributed by atoms with van der Waals surface area (Å²) in [6.07, 6.45) is 0.0100. The molecule has 9 heteroatoms. The molecule has 0 aromatic heterocycles. The van der Waals surface area contributed by atoms with E-state index >= 15 is 0 Å². The van der Waals surface area contributed by atoms with Gasteiger partial charge in [-0.25, -0.2) is 17.1 Å². The average molecular weight is 406 g/mol. The highest BCUT2D eigenvalue weighted by Crippen LogP contribution is 2.30. The van der Waals surface area contributed by atoms with Gasteiger partial charge < -0.3 is 10.1 Å². The third-order valence-corrected chi connectivity index (χ3v) is 6.32. The molecule has 1 atom stereocenters. The van der Waals surface area contributed by atoms with E-state index in [9.17, 15) is 22.4 Å². The van der Waals surface area contributed by atoms with Crippen LogP contribution in [0.25, 0.3) is 0 Å². The van der Waals surface area contributed by atoms with Gasteiger partial charge in [0.1, 0.15) is 17.6 Å². The Labute approximate surface area is 162 Å². The number of nitrogens with one attached hydrogen (secondary N) is 1. The third kappa shape index (κ3) is 3.70. The minimum absolute atomic E-state index is 0.0597. The minimum atomic E-state index is -4.22. The number of hydrogen-bond acceptors (Lipinski definition) is 5. The van der Waals surface area contributed by atoms with Crippen LogP contribution in [-0.2, 0) is 19.6 Å². The van der Waals surface area contributed by atoms with Crippen molar-refractivity contribution in [2.24, 2.45) is 0 Å². The Hall–Kier alpha value is -2.94.